The number of rotatable bonds is 5. The Hall–Kier alpha value is -0.0800. The highest BCUT2D eigenvalue weighted by atomic mass is 15.2. The zero-order chi connectivity index (χ0) is 12.4. The monoisotopic (exact) mass is 226 g/mol. The molecular weight excluding hydrogens is 196 g/mol. The average molecular weight is 226 g/mol. The van der Waals surface area contributed by atoms with Crippen molar-refractivity contribution in [3.05, 3.63) is 0 Å². The van der Waals surface area contributed by atoms with E-state index in [1.807, 2.05) is 0 Å². The van der Waals surface area contributed by atoms with Crippen LogP contribution in [0.4, 0.5) is 0 Å². The molecule has 1 saturated heterocycles. The van der Waals surface area contributed by atoms with Crippen LogP contribution in [0.15, 0.2) is 0 Å². The van der Waals surface area contributed by atoms with Crippen molar-refractivity contribution in [1.82, 2.24) is 4.90 Å². The van der Waals surface area contributed by atoms with E-state index in [4.69, 9.17) is 5.73 Å². The fourth-order valence-corrected chi connectivity index (χ4v) is 2.46. The molecule has 1 rings (SSSR count). The molecule has 1 aliphatic heterocycles. The molecule has 0 saturated carbocycles. The molecule has 16 heavy (non-hydrogen) atoms. The lowest BCUT2D eigenvalue weighted by molar-refractivity contribution is 0.126. The second kappa shape index (κ2) is 5.05. The van der Waals surface area contributed by atoms with Gasteiger partial charge in [0.2, 0.25) is 0 Å². The summed E-state index contributed by atoms with van der Waals surface area (Å²) in [6.07, 6.45) is 4.10. The van der Waals surface area contributed by atoms with Crippen LogP contribution < -0.4 is 5.73 Å². The van der Waals surface area contributed by atoms with E-state index in [9.17, 15) is 0 Å². The van der Waals surface area contributed by atoms with Crippen LogP contribution in [0.5, 0.6) is 0 Å². The van der Waals surface area contributed by atoms with E-state index in [-0.39, 0.29) is 11.0 Å². The standard InChI is InChI=1S/C14H30N2/c1-6-7-12-8-9-16(10-12)11-13(2,3)14(4,5)15/h12H,6-11,15H2,1-5H3. The van der Waals surface area contributed by atoms with E-state index in [2.05, 4.69) is 39.5 Å². The van der Waals surface area contributed by atoms with Crippen molar-refractivity contribution >= 4 is 0 Å². The van der Waals surface area contributed by atoms with Crippen molar-refractivity contribution in [3.8, 4) is 0 Å². The van der Waals surface area contributed by atoms with Gasteiger partial charge in [0, 0.05) is 18.6 Å². The predicted octanol–water partition coefficient (Wildman–Crippen LogP) is 2.87. The van der Waals surface area contributed by atoms with Crippen LogP contribution in [0, 0.1) is 11.3 Å². The van der Waals surface area contributed by atoms with Crippen LogP contribution in [-0.2, 0) is 0 Å². The molecule has 96 valence electrons. The lowest BCUT2D eigenvalue weighted by atomic mass is 9.75. The van der Waals surface area contributed by atoms with Crippen LogP contribution >= 0.6 is 0 Å². The van der Waals surface area contributed by atoms with Gasteiger partial charge in [-0.15, -0.1) is 0 Å². The van der Waals surface area contributed by atoms with Gasteiger partial charge in [0.25, 0.3) is 0 Å². The van der Waals surface area contributed by atoms with Gasteiger partial charge in [-0.1, -0.05) is 27.2 Å². The first kappa shape index (κ1) is 14.0. The number of hydrogen-bond acceptors (Lipinski definition) is 2. The summed E-state index contributed by atoms with van der Waals surface area (Å²) in [4.78, 5) is 2.61. The molecular formula is C14H30N2. The summed E-state index contributed by atoms with van der Waals surface area (Å²) in [7, 11) is 0. The van der Waals surface area contributed by atoms with Crippen molar-refractivity contribution in [2.45, 2.75) is 59.4 Å². The fourth-order valence-electron chi connectivity index (χ4n) is 2.46. The fraction of sp³-hybridized carbons (Fsp3) is 1.00. The molecule has 0 bridgehead atoms. The highest BCUT2D eigenvalue weighted by Crippen LogP contribution is 2.31. The number of nitrogens with zero attached hydrogens (tertiary/aromatic N) is 1. The molecule has 0 aliphatic carbocycles. The number of nitrogens with two attached hydrogens (primary N) is 1. The molecule has 0 aromatic carbocycles. The summed E-state index contributed by atoms with van der Waals surface area (Å²) in [5.41, 5.74) is 6.35. The van der Waals surface area contributed by atoms with Gasteiger partial charge in [0.15, 0.2) is 0 Å². The van der Waals surface area contributed by atoms with Crippen molar-refractivity contribution in [2.24, 2.45) is 17.1 Å². The third-order valence-electron chi connectivity index (χ3n) is 4.43. The summed E-state index contributed by atoms with van der Waals surface area (Å²) in [5.74, 6) is 0.932. The third kappa shape index (κ3) is 3.46. The van der Waals surface area contributed by atoms with Crippen molar-refractivity contribution in [2.75, 3.05) is 19.6 Å². The molecule has 1 atom stereocenters. The maximum absolute atomic E-state index is 6.26. The maximum atomic E-state index is 6.26. The predicted molar refractivity (Wildman–Crippen MR) is 71.5 cm³/mol. The molecule has 2 heteroatoms. The normalized spacial score (nSPS) is 24.0. The van der Waals surface area contributed by atoms with E-state index < -0.39 is 0 Å². The summed E-state index contributed by atoms with van der Waals surface area (Å²) >= 11 is 0. The SMILES string of the molecule is CCCC1CCN(CC(C)(C)C(C)(C)N)C1. The second-order valence-electron chi connectivity index (χ2n) is 6.78. The smallest absolute Gasteiger partial charge is 0.0161 e. The average Bonchev–Trinajstić information content (AvgIpc) is 2.50. The minimum atomic E-state index is -0.101. The lowest BCUT2D eigenvalue weighted by Crippen LogP contribution is -2.52. The zero-order valence-corrected chi connectivity index (χ0v) is 11.8. The first-order valence-corrected chi connectivity index (χ1v) is 6.77. The Bertz CT molecular complexity index is 215. The molecule has 1 fully saturated rings. The van der Waals surface area contributed by atoms with Crippen molar-refractivity contribution in [1.29, 1.82) is 0 Å². The van der Waals surface area contributed by atoms with Crippen molar-refractivity contribution < 1.29 is 0 Å². The van der Waals surface area contributed by atoms with Gasteiger partial charge in [-0.25, -0.2) is 0 Å². The summed E-state index contributed by atoms with van der Waals surface area (Å²) < 4.78 is 0. The van der Waals surface area contributed by atoms with Gasteiger partial charge in [0.1, 0.15) is 0 Å². The molecule has 1 unspecified atom stereocenters. The van der Waals surface area contributed by atoms with Crippen LogP contribution in [0.25, 0.3) is 0 Å². The zero-order valence-electron chi connectivity index (χ0n) is 11.8. The molecule has 2 nitrogen and oxygen atoms in total. The number of likely N-dealkylation sites (tertiary alicyclic amines) is 1. The van der Waals surface area contributed by atoms with Gasteiger partial charge in [-0.3, -0.25) is 0 Å². The molecule has 0 amide bonds. The van der Waals surface area contributed by atoms with Gasteiger partial charge in [-0.05, 0) is 44.6 Å². The van der Waals surface area contributed by atoms with Crippen LogP contribution in [-0.4, -0.2) is 30.1 Å². The molecule has 1 heterocycles. The van der Waals surface area contributed by atoms with E-state index in [0.29, 0.717) is 0 Å². The minimum Gasteiger partial charge on any atom is -0.325 e. The van der Waals surface area contributed by atoms with Gasteiger partial charge < -0.3 is 10.6 Å². The van der Waals surface area contributed by atoms with Crippen LogP contribution in [0.2, 0.25) is 0 Å². The Balaban J connectivity index is 2.45. The topological polar surface area (TPSA) is 29.3 Å². The quantitative estimate of drug-likeness (QED) is 0.781. The summed E-state index contributed by atoms with van der Waals surface area (Å²) in [5, 5.41) is 0. The Morgan fingerprint density at radius 3 is 2.38 bits per heavy atom. The molecule has 2 N–H and O–H groups in total. The van der Waals surface area contributed by atoms with Gasteiger partial charge in [0.05, 0.1) is 0 Å². The van der Waals surface area contributed by atoms with Crippen molar-refractivity contribution in [3.63, 3.8) is 0 Å². The Labute approximate surface area is 102 Å². The molecule has 0 aromatic heterocycles. The minimum absolute atomic E-state index is 0.101. The van der Waals surface area contributed by atoms with Crippen LogP contribution in [0.1, 0.15) is 53.9 Å². The number of hydrogen-bond donors (Lipinski definition) is 1. The maximum Gasteiger partial charge on any atom is 0.0161 e. The highest BCUT2D eigenvalue weighted by molar-refractivity contribution is 4.93. The molecule has 0 aromatic rings. The van der Waals surface area contributed by atoms with E-state index in [1.54, 1.807) is 0 Å². The summed E-state index contributed by atoms with van der Waals surface area (Å²) in [6, 6.07) is 0. The second-order valence-corrected chi connectivity index (χ2v) is 6.78. The van der Waals surface area contributed by atoms with Gasteiger partial charge in [-0.2, -0.15) is 0 Å². The van der Waals surface area contributed by atoms with Gasteiger partial charge >= 0.3 is 0 Å². The Morgan fingerprint density at radius 1 is 1.25 bits per heavy atom. The third-order valence-corrected chi connectivity index (χ3v) is 4.43. The Morgan fingerprint density at radius 2 is 1.88 bits per heavy atom. The first-order chi connectivity index (χ1) is 7.26. The van der Waals surface area contributed by atoms with E-state index in [0.717, 1.165) is 12.5 Å². The van der Waals surface area contributed by atoms with E-state index >= 15 is 0 Å². The Kier molecular flexibility index (Phi) is 4.42. The molecule has 0 radical (unpaired) electrons. The molecule has 1 aliphatic rings. The summed E-state index contributed by atoms with van der Waals surface area (Å²) in [6.45, 7) is 14.9. The molecule has 0 spiro atoms. The van der Waals surface area contributed by atoms with E-state index in [1.165, 1.54) is 32.4 Å². The highest BCUT2D eigenvalue weighted by Gasteiger charge is 2.36. The largest absolute Gasteiger partial charge is 0.325 e. The van der Waals surface area contributed by atoms with Crippen LogP contribution in [0.3, 0.4) is 0 Å². The lowest BCUT2D eigenvalue weighted by Gasteiger charge is -2.41. The first-order valence-electron chi connectivity index (χ1n) is 6.77.